The molecule has 0 aliphatic carbocycles. The zero-order valence-electron chi connectivity index (χ0n) is 9.35. The SMILES string of the molecule is CC[C@H](O)[C@H](N)c1cc2c(cc1Cl)OCO2.Cl. The third kappa shape index (κ3) is 2.77. The Kier molecular flexibility index (Phi) is 4.89. The van der Waals surface area contributed by atoms with Crippen molar-refractivity contribution in [2.24, 2.45) is 5.73 Å². The van der Waals surface area contributed by atoms with Crippen LogP contribution in [0.15, 0.2) is 12.1 Å². The second-order valence-electron chi connectivity index (χ2n) is 3.73. The van der Waals surface area contributed by atoms with Gasteiger partial charge in [0.1, 0.15) is 0 Å². The minimum atomic E-state index is -0.613. The van der Waals surface area contributed by atoms with Crippen LogP contribution in [0.1, 0.15) is 24.9 Å². The average molecular weight is 280 g/mol. The Morgan fingerprint density at radius 3 is 2.59 bits per heavy atom. The Balaban J connectivity index is 0.00000144. The molecule has 0 bridgehead atoms. The van der Waals surface area contributed by atoms with Gasteiger partial charge in [0.05, 0.1) is 12.1 Å². The number of hydrogen-bond acceptors (Lipinski definition) is 4. The monoisotopic (exact) mass is 279 g/mol. The zero-order chi connectivity index (χ0) is 11.7. The second kappa shape index (κ2) is 5.78. The number of aliphatic hydroxyl groups excluding tert-OH is 1. The zero-order valence-corrected chi connectivity index (χ0v) is 10.9. The highest BCUT2D eigenvalue weighted by molar-refractivity contribution is 6.31. The maximum atomic E-state index is 9.70. The third-order valence-corrected chi connectivity index (χ3v) is 3.01. The lowest BCUT2D eigenvalue weighted by Gasteiger charge is -2.19. The summed E-state index contributed by atoms with van der Waals surface area (Å²) in [5.74, 6) is 1.24. The van der Waals surface area contributed by atoms with E-state index in [0.29, 0.717) is 28.5 Å². The van der Waals surface area contributed by atoms with Crippen molar-refractivity contribution in [2.75, 3.05) is 6.79 Å². The van der Waals surface area contributed by atoms with Crippen molar-refractivity contribution in [2.45, 2.75) is 25.5 Å². The van der Waals surface area contributed by atoms with Crippen LogP contribution in [0, 0.1) is 0 Å². The van der Waals surface area contributed by atoms with E-state index in [2.05, 4.69) is 0 Å². The van der Waals surface area contributed by atoms with E-state index in [9.17, 15) is 5.11 Å². The van der Waals surface area contributed by atoms with Gasteiger partial charge in [0.2, 0.25) is 6.79 Å². The van der Waals surface area contributed by atoms with Gasteiger partial charge in [0.25, 0.3) is 0 Å². The number of fused-ring (bicyclic) bond motifs is 1. The van der Waals surface area contributed by atoms with E-state index in [1.807, 2.05) is 6.92 Å². The lowest BCUT2D eigenvalue weighted by atomic mass is 10.00. The Morgan fingerprint density at radius 2 is 2.00 bits per heavy atom. The molecule has 1 aromatic rings. The van der Waals surface area contributed by atoms with Crippen LogP contribution in [0.3, 0.4) is 0 Å². The molecule has 2 rings (SSSR count). The molecular formula is C11H15Cl2NO3. The number of rotatable bonds is 3. The van der Waals surface area contributed by atoms with E-state index in [4.69, 9.17) is 26.8 Å². The van der Waals surface area contributed by atoms with Gasteiger partial charge in [0, 0.05) is 11.1 Å². The van der Waals surface area contributed by atoms with Crippen LogP contribution in [0.4, 0.5) is 0 Å². The molecule has 0 saturated carbocycles. The number of aliphatic hydroxyl groups is 1. The summed E-state index contributed by atoms with van der Waals surface area (Å²) in [6.07, 6.45) is -0.0377. The van der Waals surface area contributed by atoms with Crippen molar-refractivity contribution < 1.29 is 14.6 Å². The van der Waals surface area contributed by atoms with Gasteiger partial charge in [-0.3, -0.25) is 0 Å². The standard InChI is InChI=1S/C11H14ClNO3.ClH/c1-2-8(14)11(13)6-3-9-10(4-7(6)12)16-5-15-9;/h3-4,8,11,14H,2,5,13H2,1H3;1H/t8-,11+;/m0./s1. The molecule has 1 aliphatic rings. The molecule has 0 unspecified atom stereocenters. The lowest BCUT2D eigenvalue weighted by molar-refractivity contribution is 0.140. The van der Waals surface area contributed by atoms with Crippen molar-refractivity contribution in [1.82, 2.24) is 0 Å². The van der Waals surface area contributed by atoms with Crippen LogP contribution in [-0.2, 0) is 0 Å². The van der Waals surface area contributed by atoms with E-state index >= 15 is 0 Å². The molecule has 0 radical (unpaired) electrons. The predicted octanol–water partition coefficient (Wildman–Crippen LogP) is 2.26. The average Bonchev–Trinajstić information content (AvgIpc) is 2.72. The number of ether oxygens (including phenoxy) is 2. The molecule has 0 aromatic heterocycles. The Morgan fingerprint density at radius 1 is 1.41 bits per heavy atom. The molecule has 96 valence electrons. The van der Waals surface area contributed by atoms with Crippen molar-refractivity contribution in [3.05, 3.63) is 22.7 Å². The highest BCUT2D eigenvalue weighted by Gasteiger charge is 2.22. The normalized spacial score (nSPS) is 16.2. The quantitative estimate of drug-likeness (QED) is 0.891. The number of hydrogen-bond donors (Lipinski definition) is 2. The van der Waals surface area contributed by atoms with Crippen LogP contribution >= 0.6 is 24.0 Å². The Hall–Kier alpha value is -0.680. The van der Waals surface area contributed by atoms with Crippen molar-refractivity contribution in [3.63, 3.8) is 0 Å². The minimum Gasteiger partial charge on any atom is -0.454 e. The van der Waals surface area contributed by atoms with E-state index < -0.39 is 12.1 Å². The maximum Gasteiger partial charge on any atom is 0.231 e. The van der Waals surface area contributed by atoms with Crippen LogP contribution in [0.5, 0.6) is 11.5 Å². The second-order valence-corrected chi connectivity index (χ2v) is 4.14. The third-order valence-electron chi connectivity index (χ3n) is 2.68. The first kappa shape index (κ1) is 14.4. The summed E-state index contributed by atoms with van der Waals surface area (Å²) >= 11 is 6.08. The van der Waals surface area contributed by atoms with Crippen LogP contribution in [-0.4, -0.2) is 18.0 Å². The molecule has 2 atom stereocenters. The maximum absolute atomic E-state index is 9.70. The fourth-order valence-electron chi connectivity index (χ4n) is 1.65. The summed E-state index contributed by atoms with van der Waals surface area (Å²) in [5, 5.41) is 10.2. The number of nitrogens with two attached hydrogens (primary N) is 1. The van der Waals surface area contributed by atoms with E-state index in [-0.39, 0.29) is 19.2 Å². The lowest BCUT2D eigenvalue weighted by Crippen LogP contribution is -2.25. The van der Waals surface area contributed by atoms with Gasteiger partial charge >= 0.3 is 0 Å². The Bertz CT molecular complexity index is 401. The molecule has 0 amide bonds. The van der Waals surface area contributed by atoms with E-state index in [1.165, 1.54) is 0 Å². The summed E-state index contributed by atoms with van der Waals surface area (Å²) < 4.78 is 10.4. The number of benzene rings is 1. The van der Waals surface area contributed by atoms with Crippen molar-refractivity contribution in [1.29, 1.82) is 0 Å². The minimum absolute atomic E-state index is 0. The molecule has 17 heavy (non-hydrogen) atoms. The van der Waals surface area contributed by atoms with Crippen LogP contribution in [0.2, 0.25) is 5.02 Å². The largest absolute Gasteiger partial charge is 0.454 e. The molecule has 1 aromatic carbocycles. The predicted molar refractivity (Wildman–Crippen MR) is 68.0 cm³/mol. The fourth-order valence-corrected chi connectivity index (χ4v) is 1.93. The molecule has 0 spiro atoms. The van der Waals surface area contributed by atoms with Gasteiger partial charge in [0.15, 0.2) is 11.5 Å². The molecule has 3 N–H and O–H groups in total. The van der Waals surface area contributed by atoms with Crippen LogP contribution in [0.25, 0.3) is 0 Å². The first-order valence-corrected chi connectivity index (χ1v) is 5.54. The summed E-state index contributed by atoms with van der Waals surface area (Å²) in [5.41, 5.74) is 6.59. The van der Waals surface area contributed by atoms with E-state index in [1.54, 1.807) is 12.1 Å². The van der Waals surface area contributed by atoms with Gasteiger partial charge in [-0.15, -0.1) is 12.4 Å². The highest BCUT2D eigenvalue weighted by Crippen LogP contribution is 2.39. The first-order chi connectivity index (χ1) is 7.63. The Labute approximate surface area is 111 Å². The van der Waals surface area contributed by atoms with Gasteiger partial charge in [-0.25, -0.2) is 0 Å². The summed E-state index contributed by atoms with van der Waals surface area (Å²) in [7, 11) is 0. The summed E-state index contributed by atoms with van der Waals surface area (Å²) in [6, 6.07) is 2.89. The molecule has 6 heteroatoms. The topological polar surface area (TPSA) is 64.7 Å². The van der Waals surface area contributed by atoms with Gasteiger partial charge < -0.3 is 20.3 Å². The molecule has 4 nitrogen and oxygen atoms in total. The molecule has 1 heterocycles. The first-order valence-electron chi connectivity index (χ1n) is 5.16. The number of halogens is 2. The molecule has 0 saturated heterocycles. The summed E-state index contributed by atoms with van der Waals surface area (Å²) in [6.45, 7) is 2.06. The molecular weight excluding hydrogens is 265 g/mol. The van der Waals surface area contributed by atoms with Crippen molar-refractivity contribution >= 4 is 24.0 Å². The van der Waals surface area contributed by atoms with Gasteiger partial charge in [-0.05, 0) is 18.1 Å². The van der Waals surface area contributed by atoms with E-state index in [0.717, 1.165) is 0 Å². The van der Waals surface area contributed by atoms with Crippen molar-refractivity contribution in [3.8, 4) is 11.5 Å². The molecule has 1 aliphatic heterocycles. The molecule has 0 fully saturated rings. The summed E-state index contributed by atoms with van der Waals surface area (Å²) in [4.78, 5) is 0. The fraction of sp³-hybridized carbons (Fsp3) is 0.455. The smallest absolute Gasteiger partial charge is 0.231 e. The van der Waals surface area contributed by atoms with Gasteiger partial charge in [-0.2, -0.15) is 0 Å². The highest BCUT2D eigenvalue weighted by atomic mass is 35.5. The van der Waals surface area contributed by atoms with Crippen LogP contribution < -0.4 is 15.2 Å². The van der Waals surface area contributed by atoms with Gasteiger partial charge in [-0.1, -0.05) is 18.5 Å².